The number of carbonyl (C=O) groups is 1. The molecule has 2 aromatic heterocycles. The second kappa shape index (κ2) is 7.21. The third-order valence-corrected chi connectivity index (χ3v) is 3.73. The Hall–Kier alpha value is -2.76. The first-order chi connectivity index (χ1) is 11.6. The average molecular weight is 323 g/mol. The molecule has 124 valence electrons. The molecule has 2 aromatic rings. The number of pyridine rings is 1. The molecule has 1 N–H and O–H groups in total. The Kier molecular flexibility index (Phi) is 4.84. The highest BCUT2D eigenvalue weighted by molar-refractivity contribution is 6.20. The summed E-state index contributed by atoms with van der Waals surface area (Å²) in [6.07, 6.45) is 9.80. The van der Waals surface area contributed by atoms with Crippen molar-refractivity contribution in [1.82, 2.24) is 19.9 Å². The summed E-state index contributed by atoms with van der Waals surface area (Å²) in [5, 5.41) is 3.13. The fraction of sp³-hybridized carbons (Fsp3) is 0.333. The number of Topliss-reactive ketones (excluding diaryl/α,β-unsaturated/α-hetero) is 1. The van der Waals surface area contributed by atoms with Crippen LogP contribution < -0.4 is 5.32 Å². The van der Waals surface area contributed by atoms with Gasteiger partial charge in [0.2, 0.25) is 5.95 Å². The van der Waals surface area contributed by atoms with Crippen molar-refractivity contribution in [3.63, 3.8) is 0 Å². The van der Waals surface area contributed by atoms with Gasteiger partial charge in [0.1, 0.15) is 0 Å². The van der Waals surface area contributed by atoms with Crippen molar-refractivity contribution in [2.45, 2.75) is 19.3 Å². The average Bonchev–Trinajstić information content (AvgIpc) is 3.37. The highest BCUT2D eigenvalue weighted by atomic mass is 16.1. The third-order valence-electron chi connectivity index (χ3n) is 3.73. The van der Waals surface area contributed by atoms with E-state index in [1.54, 1.807) is 24.7 Å². The van der Waals surface area contributed by atoms with Gasteiger partial charge in [-0.3, -0.25) is 9.78 Å². The van der Waals surface area contributed by atoms with E-state index >= 15 is 0 Å². The van der Waals surface area contributed by atoms with E-state index in [0.29, 0.717) is 29.6 Å². The molecule has 0 atom stereocenters. The molecule has 1 fully saturated rings. The van der Waals surface area contributed by atoms with Gasteiger partial charge in [0, 0.05) is 51.0 Å². The van der Waals surface area contributed by atoms with Crippen molar-refractivity contribution in [2.75, 3.05) is 19.4 Å². The molecule has 0 aromatic carbocycles. The molecule has 0 radical (unpaired) electrons. The van der Waals surface area contributed by atoms with Crippen LogP contribution in [0.2, 0.25) is 0 Å². The maximum atomic E-state index is 12.6. The van der Waals surface area contributed by atoms with Crippen LogP contribution in [-0.4, -0.2) is 39.7 Å². The summed E-state index contributed by atoms with van der Waals surface area (Å²) in [7, 11) is 3.81. The number of carbonyl (C=O) groups excluding carboxylic acids is 1. The van der Waals surface area contributed by atoms with Gasteiger partial charge in [-0.15, -0.1) is 0 Å². The normalized spacial score (nSPS) is 14.3. The molecule has 1 aliphatic rings. The Labute approximate surface area is 141 Å². The zero-order chi connectivity index (χ0) is 16.9. The monoisotopic (exact) mass is 323 g/mol. The lowest BCUT2D eigenvalue weighted by Crippen LogP contribution is -2.11. The third kappa shape index (κ3) is 4.38. The Morgan fingerprint density at radius 1 is 1.25 bits per heavy atom. The lowest BCUT2D eigenvalue weighted by atomic mass is 10.0. The molecule has 2 heterocycles. The van der Waals surface area contributed by atoms with Gasteiger partial charge >= 0.3 is 0 Å². The molecular formula is C18H21N5O. The van der Waals surface area contributed by atoms with Gasteiger partial charge in [-0.25, -0.2) is 9.97 Å². The van der Waals surface area contributed by atoms with E-state index in [2.05, 4.69) is 20.3 Å². The van der Waals surface area contributed by atoms with Crippen LogP contribution in [0.3, 0.4) is 0 Å². The standard InChI is InChI=1S/C18H21N5O/c1-23(2)12-15(17(24)11-13-3-4-13)16-7-10-20-18(22-16)21-14-5-8-19-9-6-14/h5-10,12-13H,3-4,11H2,1-2H3,(H,19,20,21,22). The Morgan fingerprint density at radius 2 is 2.00 bits per heavy atom. The minimum absolute atomic E-state index is 0.139. The fourth-order valence-electron chi connectivity index (χ4n) is 2.37. The first-order valence-electron chi connectivity index (χ1n) is 8.04. The molecule has 0 spiro atoms. The van der Waals surface area contributed by atoms with Gasteiger partial charge in [0.15, 0.2) is 5.78 Å². The summed E-state index contributed by atoms with van der Waals surface area (Å²) in [6.45, 7) is 0. The summed E-state index contributed by atoms with van der Waals surface area (Å²) in [5.41, 5.74) is 2.12. The summed E-state index contributed by atoms with van der Waals surface area (Å²) in [5.74, 6) is 1.14. The van der Waals surface area contributed by atoms with Gasteiger partial charge < -0.3 is 10.2 Å². The lowest BCUT2D eigenvalue weighted by molar-refractivity contribution is -0.114. The summed E-state index contributed by atoms with van der Waals surface area (Å²) >= 11 is 0. The number of hydrogen-bond donors (Lipinski definition) is 1. The van der Waals surface area contributed by atoms with E-state index in [4.69, 9.17) is 0 Å². The Bertz CT molecular complexity index is 738. The molecule has 0 bridgehead atoms. The maximum Gasteiger partial charge on any atom is 0.227 e. The van der Waals surface area contributed by atoms with Crippen LogP contribution in [0.4, 0.5) is 11.6 Å². The number of nitrogens with one attached hydrogen (secondary N) is 1. The van der Waals surface area contributed by atoms with Crippen LogP contribution in [0, 0.1) is 5.92 Å². The van der Waals surface area contributed by atoms with Crippen LogP contribution in [0.1, 0.15) is 25.0 Å². The molecule has 6 heteroatoms. The highest BCUT2D eigenvalue weighted by Gasteiger charge is 2.27. The zero-order valence-corrected chi connectivity index (χ0v) is 13.9. The van der Waals surface area contributed by atoms with Gasteiger partial charge in [-0.2, -0.15) is 0 Å². The van der Waals surface area contributed by atoms with Crippen LogP contribution in [-0.2, 0) is 4.79 Å². The molecule has 6 nitrogen and oxygen atoms in total. The van der Waals surface area contributed by atoms with Crippen LogP contribution in [0.5, 0.6) is 0 Å². The fourth-order valence-corrected chi connectivity index (χ4v) is 2.37. The first kappa shape index (κ1) is 16.1. The van der Waals surface area contributed by atoms with E-state index in [1.165, 1.54) is 0 Å². The van der Waals surface area contributed by atoms with Crippen molar-refractivity contribution in [3.8, 4) is 0 Å². The van der Waals surface area contributed by atoms with E-state index in [9.17, 15) is 4.79 Å². The molecule has 3 rings (SSSR count). The second-order valence-corrected chi connectivity index (χ2v) is 6.20. The number of rotatable bonds is 7. The van der Waals surface area contributed by atoms with Crippen molar-refractivity contribution in [3.05, 3.63) is 48.7 Å². The molecule has 1 saturated carbocycles. The Balaban J connectivity index is 1.84. The van der Waals surface area contributed by atoms with Crippen molar-refractivity contribution >= 4 is 23.0 Å². The van der Waals surface area contributed by atoms with Gasteiger partial charge in [0.25, 0.3) is 0 Å². The topological polar surface area (TPSA) is 71.0 Å². The van der Waals surface area contributed by atoms with Gasteiger partial charge in [-0.05, 0) is 37.0 Å². The van der Waals surface area contributed by atoms with Crippen molar-refractivity contribution < 1.29 is 4.79 Å². The molecule has 0 saturated heterocycles. The van der Waals surface area contributed by atoms with E-state index in [0.717, 1.165) is 18.5 Å². The van der Waals surface area contributed by atoms with E-state index < -0.39 is 0 Å². The maximum absolute atomic E-state index is 12.6. The van der Waals surface area contributed by atoms with Crippen LogP contribution in [0.15, 0.2) is 43.0 Å². The summed E-state index contributed by atoms with van der Waals surface area (Å²) in [4.78, 5) is 27.2. The highest BCUT2D eigenvalue weighted by Crippen LogP contribution is 2.34. The largest absolute Gasteiger partial charge is 0.383 e. The number of anilines is 2. The lowest BCUT2D eigenvalue weighted by Gasteiger charge is -2.12. The predicted octanol–water partition coefficient (Wildman–Crippen LogP) is 2.89. The van der Waals surface area contributed by atoms with E-state index in [-0.39, 0.29) is 5.78 Å². The van der Waals surface area contributed by atoms with Crippen LogP contribution >= 0.6 is 0 Å². The number of allylic oxidation sites excluding steroid dienone is 1. The molecule has 0 amide bonds. The number of aromatic nitrogens is 3. The quantitative estimate of drug-likeness (QED) is 0.790. The second-order valence-electron chi connectivity index (χ2n) is 6.20. The van der Waals surface area contributed by atoms with Crippen LogP contribution in [0.25, 0.3) is 5.57 Å². The smallest absolute Gasteiger partial charge is 0.227 e. The van der Waals surface area contributed by atoms with Crippen molar-refractivity contribution in [1.29, 1.82) is 0 Å². The van der Waals surface area contributed by atoms with Gasteiger partial charge in [0.05, 0.1) is 11.3 Å². The summed E-state index contributed by atoms with van der Waals surface area (Å²) < 4.78 is 0. The predicted molar refractivity (Wildman–Crippen MR) is 93.6 cm³/mol. The minimum Gasteiger partial charge on any atom is -0.383 e. The van der Waals surface area contributed by atoms with Crippen molar-refractivity contribution in [2.24, 2.45) is 5.92 Å². The number of ketones is 1. The molecule has 24 heavy (non-hydrogen) atoms. The minimum atomic E-state index is 0.139. The molecule has 0 unspecified atom stereocenters. The van der Waals surface area contributed by atoms with E-state index in [1.807, 2.05) is 37.3 Å². The molecular weight excluding hydrogens is 302 g/mol. The first-order valence-corrected chi connectivity index (χ1v) is 8.04. The zero-order valence-electron chi connectivity index (χ0n) is 13.9. The Morgan fingerprint density at radius 3 is 2.67 bits per heavy atom. The summed E-state index contributed by atoms with van der Waals surface area (Å²) in [6, 6.07) is 5.45. The van der Waals surface area contributed by atoms with Gasteiger partial charge in [-0.1, -0.05) is 0 Å². The number of nitrogens with zero attached hydrogens (tertiary/aromatic N) is 4. The SMILES string of the molecule is CN(C)C=C(C(=O)CC1CC1)c1ccnc(Nc2ccncc2)n1. The molecule has 0 aliphatic heterocycles. The number of hydrogen-bond acceptors (Lipinski definition) is 6. The molecule has 1 aliphatic carbocycles.